The molecular formula is C16H14Br2N2O4S. The number of nitrogens with one attached hydrogen (secondary N) is 1. The number of carbonyl (C=O) groups is 1. The van der Waals surface area contributed by atoms with Crippen molar-refractivity contribution in [3.05, 3.63) is 36.9 Å². The molecule has 9 heteroatoms. The number of benzene rings is 1. The number of hydrogen-bond donors (Lipinski definition) is 1. The summed E-state index contributed by atoms with van der Waals surface area (Å²) >= 11 is 7.95. The second-order valence-corrected chi connectivity index (χ2v) is 7.95. The molecule has 1 amide bonds. The number of nitriles is 1. The third-order valence-electron chi connectivity index (χ3n) is 3.29. The van der Waals surface area contributed by atoms with E-state index in [9.17, 15) is 10.1 Å². The van der Waals surface area contributed by atoms with E-state index in [-0.39, 0.29) is 5.91 Å². The van der Waals surface area contributed by atoms with Crippen molar-refractivity contribution in [2.75, 3.05) is 21.3 Å². The van der Waals surface area contributed by atoms with Crippen molar-refractivity contribution < 1.29 is 19.0 Å². The zero-order valence-corrected chi connectivity index (χ0v) is 17.5. The summed E-state index contributed by atoms with van der Waals surface area (Å²) in [6, 6.07) is 6.16. The van der Waals surface area contributed by atoms with Crippen LogP contribution in [0.25, 0.3) is 0 Å². The number of rotatable bonds is 6. The molecule has 6 nitrogen and oxygen atoms in total. The van der Waals surface area contributed by atoms with Crippen molar-refractivity contribution >= 4 is 49.1 Å². The van der Waals surface area contributed by atoms with E-state index < -0.39 is 6.04 Å². The Morgan fingerprint density at radius 3 is 2.16 bits per heavy atom. The summed E-state index contributed by atoms with van der Waals surface area (Å²) in [6.07, 6.45) is 0. The zero-order chi connectivity index (χ0) is 18.6. The number of thiophene rings is 1. The predicted octanol–water partition coefficient (Wildman–Crippen LogP) is 4.29. The number of hydrogen-bond acceptors (Lipinski definition) is 6. The van der Waals surface area contributed by atoms with Gasteiger partial charge in [0.25, 0.3) is 5.91 Å². The molecule has 0 aliphatic carbocycles. The fraction of sp³-hybridized carbons (Fsp3) is 0.250. The summed E-state index contributed by atoms with van der Waals surface area (Å²) in [5.41, 5.74) is 0.528. The molecule has 0 aliphatic rings. The average Bonchev–Trinajstić information content (AvgIpc) is 2.97. The highest BCUT2D eigenvalue weighted by atomic mass is 79.9. The molecule has 0 radical (unpaired) electrons. The smallest absolute Gasteiger partial charge is 0.262 e. The molecule has 2 aromatic rings. The van der Waals surface area contributed by atoms with E-state index in [0.717, 1.165) is 8.26 Å². The van der Waals surface area contributed by atoms with Crippen LogP contribution in [0.5, 0.6) is 17.2 Å². The van der Waals surface area contributed by atoms with Gasteiger partial charge in [0.15, 0.2) is 11.5 Å². The van der Waals surface area contributed by atoms with Crippen molar-refractivity contribution in [3.8, 4) is 23.3 Å². The Morgan fingerprint density at radius 1 is 1.16 bits per heavy atom. The summed E-state index contributed by atoms with van der Waals surface area (Å²) in [5, 5.41) is 12.2. The van der Waals surface area contributed by atoms with E-state index in [1.807, 2.05) is 0 Å². The van der Waals surface area contributed by atoms with Crippen molar-refractivity contribution in [2.24, 2.45) is 0 Å². The summed E-state index contributed by atoms with van der Waals surface area (Å²) in [4.78, 5) is 12.9. The molecule has 0 bridgehead atoms. The molecule has 1 aromatic carbocycles. The molecule has 1 atom stereocenters. The first-order valence-corrected chi connectivity index (χ1v) is 9.30. The Bertz CT molecular complexity index is 788. The van der Waals surface area contributed by atoms with E-state index >= 15 is 0 Å². The quantitative estimate of drug-likeness (QED) is 0.654. The lowest BCUT2D eigenvalue weighted by molar-refractivity contribution is 0.0949. The first kappa shape index (κ1) is 19.6. The van der Waals surface area contributed by atoms with Gasteiger partial charge in [-0.15, -0.1) is 11.3 Å². The number of halogens is 2. The highest BCUT2D eigenvalue weighted by Crippen LogP contribution is 2.40. The predicted molar refractivity (Wildman–Crippen MR) is 102 cm³/mol. The molecule has 25 heavy (non-hydrogen) atoms. The van der Waals surface area contributed by atoms with Gasteiger partial charge in [0.2, 0.25) is 5.75 Å². The minimum absolute atomic E-state index is 0.350. The maximum Gasteiger partial charge on any atom is 0.262 e. The van der Waals surface area contributed by atoms with Gasteiger partial charge in [0.05, 0.1) is 36.1 Å². The van der Waals surface area contributed by atoms with Gasteiger partial charge in [-0.25, -0.2) is 0 Å². The Labute approximate surface area is 165 Å². The number of ether oxygens (including phenoxy) is 3. The summed E-state index contributed by atoms with van der Waals surface area (Å²) < 4.78 is 17.4. The van der Waals surface area contributed by atoms with E-state index in [2.05, 4.69) is 43.2 Å². The third-order valence-corrected chi connectivity index (χ3v) is 6.55. The maximum absolute atomic E-state index is 12.4. The van der Waals surface area contributed by atoms with Gasteiger partial charge in [-0.3, -0.25) is 4.79 Å². The molecule has 0 fully saturated rings. The Balaban J connectivity index is 2.34. The molecule has 0 saturated heterocycles. The minimum atomic E-state index is -0.874. The van der Waals surface area contributed by atoms with Crippen molar-refractivity contribution in [1.29, 1.82) is 5.26 Å². The van der Waals surface area contributed by atoms with Crippen LogP contribution < -0.4 is 19.5 Å². The van der Waals surface area contributed by atoms with Gasteiger partial charge in [-0.05, 0) is 55.6 Å². The van der Waals surface area contributed by atoms with E-state index in [1.54, 1.807) is 18.2 Å². The van der Waals surface area contributed by atoms with Crippen LogP contribution >= 0.6 is 43.2 Å². The molecule has 0 saturated carbocycles. The highest BCUT2D eigenvalue weighted by Gasteiger charge is 2.22. The SMILES string of the molecule is COc1cc(C(C#N)NC(=O)c2cc(Br)c(Br)s2)cc(OC)c1OC. The minimum Gasteiger partial charge on any atom is -0.493 e. The Hall–Kier alpha value is -1.76. The summed E-state index contributed by atoms with van der Waals surface area (Å²) in [7, 11) is 4.47. The van der Waals surface area contributed by atoms with Crippen LogP contribution in [0.15, 0.2) is 26.5 Å². The number of amides is 1. The lowest BCUT2D eigenvalue weighted by atomic mass is 10.1. The first-order chi connectivity index (χ1) is 11.9. The molecule has 0 spiro atoms. The van der Waals surface area contributed by atoms with Crippen molar-refractivity contribution in [1.82, 2.24) is 5.32 Å². The standard InChI is InChI=1S/C16H14Br2N2O4S/c1-22-11-4-8(5-12(23-2)14(11)24-3)10(7-19)20-16(21)13-6-9(17)15(18)25-13/h4-6,10H,1-3H3,(H,20,21). The molecule has 0 aliphatic heterocycles. The number of methoxy groups -OCH3 is 3. The van der Waals surface area contributed by atoms with Crippen molar-refractivity contribution in [2.45, 2.75) is 6.04 Å². The molecule has 1 unspecified atom stereocenters. The monoisotopic (exact) mass is 488 g/mol. The molecule has 2 rings (SSSR count). The van der Waals surface area contributed by atoms with E-state index in [1.165, 1.54) is 32.7 Å². The second-order valence-electron chi connectivity index (χ2n) is 4.73. The van der Waals surface area contributed by atoms with Crippen LogP contribution in [0.1, 0.15) is 21.3 Å². The van der Waals surface area contributed by atoms with Crippen LogP contribution in [0.4, 0.5) is 0 Å². The first-order valence-electron chi connectivity index (χ1n) is 6.90. The average molecular weight is 490 g/mol. The van der Waals surface area contributed by atoms with Crippen LogP contribution in [0, 0.1) is 11.3 Å². The fourth-order valence-electron chi connectivity index (χ4n) is 2.12. The Kier molecular flexibility index (Phi) is 6.70. The van der Waals surface area contributed by atoms with Gasteiger partial charge in [0, 0.05) is 4.47 Å². The molecular weight excluding hydrogens is 476 g/mol. The van der Waals surface area contributed by atoms with Gasteiger partial charge >= 0.3 is 0 Å². The number of nitrogens with zero attached hydrogens (tertiary/aromatic N) is 1. The van der Waals surface area contributed by atoms with Crippen LogP contribution in [-0.4, -0.2) is 27.2 Å². The van der Waals surface area contributed by atoms with Gasteiger partial charge in [-0.2, -0.15) is 5.26 Å². The van der Waals surface area contributed by atoms with Crippen LogP contribution in [0.2, 0.25) is 0 Å². The van der Waals surface area contributed by atoms with Crippen LogP contribution in [-0.2, 0) is 0 Å². The largest absolute Gasteiger partial charge is 0.493 e. The lowest BCUT2D eigenvalue weighted by Crippen LogP contribution is -2.27. The van der Waals surface area contributed by atoms with E-state index in [4.69, 9.17) is 14.2 Å². The van der Waals surface area contributed by atoms with Crippen molar-refractivity contribution in [3.63, 3.8) is 0 Å². The second kappa shape index (κ2) is 8.56. The topological polar surface area (TPSA) is 80.6 Å². The fourth-order valence-corrected chi connectivity index (χ4v) is 4.06. The molecule has 1 N–H and O–H groups in total. The number of carbonyl (C=O) groups excluding carboxylic acids is 1. The van der Waals surface area contributed by atoms with Gasteiger partial charge in [-0.1, -0.05) is 0 Å². The highest BCUT2D eigenvalue weighted by molar-refractivity contribution is 9.13. The molecule has 1 heterocycles. The van der Waals surface area contributed by atoms with Gasteiger partial charge < -0.3 is 19.5 Å². The van der Waals surface area contributed by atoms with Crippen LogP contribution in [0.3, 0.4) is 0 Å². The maximum atomic E-state index is 12.4. The summed E-state index contributed by atoms with van der Waals surface area (Å²) in [6.45, 7) is 0. The zero-order valence-electron chi connectivity index (χ0n) is 13.6. The Morgan fingerprint density at radius 2 is 1.76 bits per heavy atom. The third kappa shape index (κ3) is 4.26. The lowest BCUT2D eigenvalue weighted by Gasteiger charge is -2.17. The van der Waals surface area contributed by atoms with Gasteiger partial charge in [0.1, 0.15) is 6.04 Å². The van der Waals surface area contributed by atoms with E-state index in [0.29, 0.717) is 27.7 Å². The normalized spacial score (nSPS) is 11.4. The summed E-state index contributed by atoms with van der Waals surface area (Å²) in [5.74, 6) is 0.889. The molecule has 1 aromatic heterocycles. The molecule has 132 valence electrons.